The number of thiol groups is 1. The minimum Gasteiger partial charge on any atom is -0.459 e. The summed E-state index contributed by atoms with van der Waals surface area (Å²) >= 11 is 0. The van der Waals surface area contributed by atoms with E-state index in [-0.39, 0.29) is 16.8 Å². The number of hydroxylamine groups is 1. The Bertz CT molecular complexity index is 803. The van der Waals surface area contributed by atoms with Crippen molar-refractivity contribution in [1.82, 2.24) is 4.90 Å². The van der Waals surface area contributed by atoms with E-state index in [1.165, 1.54) is 25.2 Å². The van der Waals surface area contributed by atoms with E-state index in [9.17, 15) is 22.8 Å². The molecule has 2 amide bonds. The Morgan fingerprint density at radius 3 is 2.32 bits per heavy atom. The van der Waals surface area contributed by atoms with E-state index in [4.69, 9.17) is 4.74 Å². The predicted molar refractivity (Wildman–Crippen MR) is 87.5 cm³/mol. The summed E-state index contributed by atoms with van der Waals surface area (Å²) < 4.78 is 30.9. The lowest BCUT2D eigenvalue weighted by Crippen LogP contribution is -2.38. The molecule has 0 bridgehead atoms. The molecule has 0 aromatic heterocycles. The fourth-order valence-electron chi connectivity index (χ4n) is 2.27. The molecule has 0 fully saturated rings. The molecule has 1 aromatic carbocycles. The molecular weight excluding hydrogens is 352 g/mol. The van der Waals surface area contributed by atoms with Crippen molar-refractivity contribution in [1.29, 1.82) is 0 Å². The maximum absolute atomic E-state index is 12.4. The largest absolute Gasteiger partial charge is 0.459 e. The summed E-state index contributed by atoms with van der Waals surface area (Å²) in [6.07, 6.45) is 0. The summed E-state index contributed by atoms with van der Waals surface area (Å²) in [4.78, 5) is 37.4. The lowest BCUT2D eigenvalue weighted by molar-refractivity contribution is -0.155. The highest BCUT2D eigenvalue weighted by molar-refractivity contribution is 7.67. The van der Waals surface area contributed by atoms with Gasteiger partial charge in [-0.1, -0.05) is 0 Å². The van der Waals surface area contributed by atoms with Crippen molar-refractivity contribution in [2.45, 2.75) is 26.4 Å². The monoisotopic (exact) mass is 370 g/mol. The van der Waals surface area contributed by atoms with Crippen LogP contribution in [0, 0.1) is 0 Å². The number of anilines is 1. The molecule has 0 unspecified atom stereocenters. The van der Waals surface area contributed by atoms with Gasteiger partial charge in [0.15, 0.2) is 0 Å². The molecule has 0 atom stereocenters. The van der Waals surface area contributed by atoms with Gasteiger partial charge < -0.3 is 4.74 Å². The van der Waals surface area contributed by atoms with Gasteiger partial charge in [-0.25, -0.2) is 13.5 Å². The molecule has 0 aliphatic carbocycles. The van der Waals surface area contributed by atoms with Crippen LogP contribution >= 0.6 is 0 Å². The number of carbonyl (C=O) groups excluding carboxylic acids is 3. The van der Waals surface area contributed by atoms with Crippen molar-refractivity contribution in [3.8, 4) is 0 Å². The van der Waals surface area contributed by atoms with Crippen molar-refractivity contribution >= 4 is 34.5 Å². The predicted octanol–water partition coefficient (Wildman–Crippen LogP) is 0.519. The minimum atomic E-state index is -3.12. The van der Waals surface area contributed by atoms with Crippen LogP contribution in [0.3, 0.4) is 0 Å². The number of benzene rings is 1. The Morgan fingerprint density at radius 2 is 1.76 bits per heavy atom. The van der Waals surface area contributed by atoms with Crippen molar-refractivity contribution in [2.24, 2.45) is 0 Å². The Balaban J connectivity index is 2.22. The molecule has 1 aliphatic rings. The number of nitrogens with zero attached hydrogens (tertiary/aromatic N) is 2. The number of esters is 1. The molecule has 9 nitrogen and oxygen atoms in total. The number of imide groups is 1. The average molecular weight is 370 g/mol. The van der Waals surface area contributed by atoms with Crippen LogP contribution < -0.4 is 5.06 Å². The maximum Gasteiger partial charge on any atom is 0.326 e. The quantitative estimate of drug-likeness (QED) is 0.346. The average Bonchev–Trinajstić information content (AvgIpc) is 2.69. The first-order chi connectivity index (χ1) is 11.5. The Labute approximate surface area is 146 Å². The molecule has 136 valence electrons. The van der Waals surface area contributed by atoms with Gasteiger partial charge in [0.1, 0.15) is 12.1 Å². The molecule has 0 spiro atoms. The van der Waals surface area contributed by atoms with E-state index in [1.54, 1.807) is 20.8 Å². The van der Waals surface area contributed by atoms with Crippen LogP contribution in [-0.2, 0) is 24.8 Å². The highest BCUT2D eigenvalue weighted by atomic mass is 32.2. The first-order valence-corrected chi connectivity index (χ1v) is 8.37. The summed E-state index contributed by atoms with van der Waals surface area (Å²) in [5.74, 6) is -1.98. The van der Waals surface area contributed by atoms with Gasteiger partial charge in [-0.3, -0.25) is 19.3 Å². The Kier molecular flexibility index (Phi) is 5.14. The molecule has 0 N–H and O–H groups in total. The van der Waals surface area contributed by atoms with Gasteiger partial charge >= 0.3 is 5.97 Å². The zero-order valence-corrected chi connectivity index (χ0v) is 15.0. The van der Waals surface area contributed by atoms with Crippen molar-refractivity contribution < 1.29 is 31.8 Å². The van der Waals surface area contributed by atoms with Crippen molar-refractivity contribution in [2.75, 3.05) is 18.7 Å². The van der Waals surface area contributed by atoms with Gasteiger partial charge in [0.2, 0.25) is 0 Å². The van der Waals surface area contributed by atoms with Crippen LogP contribution in [0.15, 0.2) is 18.2 Å². The second-order valence-electron chi connectivity index (χ2n) is 6.32. The number of hydrogen-bond donors (Lipinski definition) is 1. The van der Waals surface area contributed by atoms with Gasteiger partial charge in [0.05, 0.1) is 16.8 Å². The number of rotatable bonds is 5. The summed E-state index contributed by atoms with van der Waals surface area (Å²) in [6.45, 7) is 4.53. The highest BCUT2D eigenvalue weighted by Crippen LogP contribution is 2.27. The van der Waals surface area contributed by atoms with E-state index in [2.05, 4.69) is 4.28 Å². The number of amides is 2. The lowest BCUT2D eigenvalue weighted by atomic mass is 10.1. The third-order valence-electron chi connectivity index (χ3n) is 3.21. The molecule has 25 heavy (non-hydrogen) atoms. The minimum absolute atomic E-state index is 0.0580. The third-order valence-corrected chi connectivity index (χ3v) is 3.59. The smallest absolute Gasteiger partial charge is 0.326 e. The standard InChI is InChI=1S/C15H18N2O7S/c1-15(2,3)23-12(18)8-17-13(19)10-6-5-9(7-11(10)14(17)20)16(4)24-25(21)22/h5-7,25H,8H2,1-4H3. The molecule has 0 radical (unpaired) electrons. The molecular formula is C15H18N2O7S. The second kappa shape index (κ2) is 6.81. The number of ether oxygens (including phenoxy) is 1. The van der Waals surface area contributed by atoms with Crippen LogP contribution in [0.1, 0.15) is 41.5 Å². The van der Waals surface area contributed by atoms with Crippen LogP contribution in [-0.4, -0.2) is 50.3 Å². The molecule has 10 heteroatoms. The fourth-order valence-corrected chi connectivity index (χ4v) is 2.56. The van der Waals surface area contributed by atoms with E-state index in [1.807, 2.05) is 0 Å². The van der Waals surface area contributed by atoms with Crippen molar-refractivity contribution in [3.63, 3.8) is 0 Å². The first kappa shape index (κ1) is 18.9. The summed E-state index contributed by atoms with van der Waals surface area (Å²) in [6, 6.07) is 4.13. The summed E-state index contributed by atoms with van der Waals surface area (Å²) in [5, 5.41) is 0.945. The Hall–Kier alpha value is -2.46. The van der Waals surface area contributed by atoms with E-state index in [0.29, 0.717) is 0 Å². The normalized spacial score (nSPS) is 14.0. The number of carbonyl (C=O) groups is 3. The van der Waals surface area contributed by atoms with Gasteiger partial charge in [0.25, 0.3) is 22.8 Å². The zero-order valence-electron chi connectivity index (χ0n) is 14.1. The second-order valence-corrected chi connectivity index (χ2v) is 6.93. The van der Waals surface area contributed by atoms with Gasteiger partial charge in [-0.2, -0.15) is 4.28 Å². The number of fused-ring (bicyclic) bond motifs is 1. The molecule has 1 aromatic rings. The van der Waals surface area contributed by atoms with E-state index >= 15 is 0 Å². The van der Waals surface area contributed by atoms with Crippen LogP contribution in [0.4, 0.5) is 5.69 Å². The fraction of sp³-hybridized carbons (Fsp3) is 0.400. The summed E-state index contributed by atoms with van der Waals surface area (Å²) in [7, 11) is -1.78. The molecule has 0 saturated heterocycles. The maximum atomic E-state index is 12.4. The van der Waals surface area contributed by atoms with Crippen LogP contribution in [0.2, 0.25) is 0 Å². The number of hydrogen-bond acceptors (Lipinski definition) is 8. The molecule has 0 saturated carbocycles. The summed E-state index contributed by atoms with van der Waals surface area (Å²) in [5.41, 5.74) is -0.295. The first-order valence-electron chi connectivity index (χ1n) is 7.28. The van der Waals surface area contributed by atoms with Crippen LogP contribution in [0.25, 0.3) is 0 Å². The SMILES string of the molecule is CN(O[SH](=O)=O)c1ccc2c(c1)C(=O)N(CC(=O)OC(C)(C)C)C2=O. The molecule has 1 heterocycles. The lowest BCUT2D eigenvalue weighted by Gasteiger charge is -2.21. The van der Waals surface area contributed by atoms with E-state index in [0.717, 1.165) is 9.96 Å². The van der Waals surface area contributed by atoms with Gasteiger partial charge in [0, 0.05) is 7.05 Å². The topological polar surface area (TPSA) is 110 Å². The van der Waals surface area contributed by atoms with Gasteiger partial charge in [-0.05, 0) is 39.0 Å². The van der Waals surface area contributed by atoms with Crippen LogP contribution in [0.5, 0.6) is 0 Å². The molecule has 2 rings (SSSR count). The highest BCUT2D eigenvalue weighted by Gasteiger charge is 2.38. The van der Waals surface area contributed by atoms with Gasteiger partial charge in [-0.15, -0.1) is 0 Å². The third kappa shape index (κ3) is 4.34. The van der Waals surface area contributed by atoms with E-state index < -0.39 is 40.9 Å². The molecule has 1 aliphatic heterocycles. The van der Waals surface area contributed by atoms with Crippen molar-refractivity contribution in [3.05, 3.63) is 29.3 Å². The zero-order chi connectivity index (χ0) is 18.9. The Morgan fingerprint density at radius 1 is 1.16 bits per heavy atom.